The second-order valence-corrected chi connectivity index (χ2v) is 5.56. The number of benzene rings is 2. The molecule has 0 bridgehead atoms. The lowest BCUT2D eigenvalue weighted by Crippen LogP contribution is -1.97. The Hall–Kier alpha value is -3.28. The summed E-state index contributed by atoms with van der Waals surface area (Å²) in [5.41, 5.74) is 8.90. The van der Waals surface area contributed by atoms with Crippen LogP contribution in [0.15, 0.2) is 48.5 Å². The molecule has 2 aromatic carbocycles. The quantitative estimate of drug-likeness (QED) is 0.604. The van der Waals surface area contributed by atoms with Crippen LogP contribution in [0.3, 0.4) is 0 Å². The number of anilines is 3. The van der Waals surface area contributed by atoms with Crippen LogP contribution in [0.25, 0.3) is 21.8 Å². The number of hydrogen-bond donors (Lipinski definition) is 2. The van der Waals surface area contributed by atoms with Crippen LogP contribution in [0.2, 0.25) is 0 Å². The zero-order chi connectivity index (χ0) is 16.7. The first-order chi connectivity index (χ1) is 11.7. The van der Waals surface area contributed by atoms with Gasteiger partial charge < -0.3 is 15.8 Å². The lowest BCUT2D eigenvalue weighted by atomic mass is 10.1. The van der Waals surface area contributed by atoms with E-state index >= 15 is 0 Å². The lowest BCUT2D eigenvalue weighted by molar-refractivity contribution is 0.415. The number of fused-ring (bicyclic) bond motifs is 3. The van der Waals surface area contributed by atoms with Crippen molar-refractivity contribution in [2.75, 3.05) is 18.2 Å². The van der Waals surface area contributed by atoms with Crippen molar-refractivity contribution in [1.82, 2.24) is 14.8 Å². The first kappa shape index (κ1) is 14.3. The molecule has 4 rings (SSSR count). The molecule has 2 aromatic heterocycles. The van der Waals surface area contributed by atoms with E-state index in [4.69, 9.17) is 15.5 Å². The molecule has 0 fully saturated rings. The summed E-state index contributed by atoms with van der Waals surface area (Å²) in [6.45, 7) is 0. The normalized spacial score (nSPS) is 11.1. The van der Waals surface area contributed by atoms with Gasteiger partial charge in [0.15, 0.2) is 5.82 Å². The van der Waals surface area contributed by atoms with Crippen molar-refractivity contribution >= 4 is 39.1 Å². The number of nitrogens with zero attached hydrogens (tertiary/aromatic N) is 3. The Kier molecular flexibility index (Phi) is 3.23. The van der Waals surface area contributed by atoms with E-state index in [2.05, 4.69) is 10.4 Å². The number of ether oxygens (including phenoxy) is 1. The number of nitrogens with one attached hydrogen (secondary N) is 1. The third kappa shape index (κ3) is 2.20. The van der Waals surface area contributed by atoms with E-state index in [9.17, 15) is 0 Å². The molecule has 0 aliphatic rings. The van der Waals surface area contributed by atoms with Gasteiger partial charge in [0.25, 0.3) is 0 Å². The van der Waals surface area contributed by atoms with Gasteiger partial charge in [0.1, 0.15) is 11.6 Å². The molecule has 0 spiro atoms. The monoisotopic (exact) mass is 319 g/mol. The number of para-hydroxylation sites is 1. The van der Waals surface area contributed by atoms with Crippen LogP contribution in [0.5, 0.6) is 5.75 Å². The lowest BCUT2D eigenvalue weighted by Gasteiger charge is -2.10. The van der Waals surface area contributed by atoms with Crippen LogP contribution in [-0.2, 0) is 7.05 Å². The van der Waals surface area contributed by atoms with Crippen molar-refractivity contribution < 1.29 is 4.74 Å². The van der Waals surface area contributed by atoms with Crippen LogP contribution in [0, 0.1) is 0 Å². The summed E-state index contributed by atoms with van der Waals surface area (Å²) in [6, 6.07) is 15.6. The van der Waals surface area contributed by atoms with Crippen molar-refractivity contribution in [3.63, 3.8) is 0 Å². The number of methoxy groups -OCH3 is 1. The van der Waals surface area contributed by atoms with Gasteiger partial charge in [-0.25, -0.2) is 4.98 Å². The standard InChI is InChI=1S/C18H17N5O/c1-23-16-13-5-3-4-6-14(13)21-18(15(16)17(19)22-23)20-11-7-9-12(24-2)10-8-11/h3-10H,1-2H3,(H2,19,22)(H,20,21). The Labute approximate surface area is 138 Å². The summed E-state index contributed by atoms with van der Waals surface area (Å²) in [5.74, 6) is 1.96. The highest BCUT2D eigenvalue weighted by Crippen LogP contribution is 2.34. The Morgan fingerprint density at radius 3 is 2.58 bits per heavy atom. The van der Waals surface area contributed by atoms with Gasteiger partial charge in [0.05, 0.1) is 23.5 Å². The van der Waals surface area contributed by atoms with Crippen molar-refractivity contribution in [3.05, 3.63) is 48.5 Å². The molecule has 0 radical (unpaired) electrons. The van der Waals surface area contributed by atoms with E-state index in [0.717, 1.165) is 33.2 Å². The summed E-state index contributed by atoms with van der Waals surface area (Å²) < 4.78 is 6.99. The molecule has 6 nitrogen and oxygen atoms in total. The summed E-state index contributed by atoms with van der Waals surface area (Å²) in [7, 11) is 3.54. The highest BCUT2D eigenvalue weighted by molar-refractivity contribution is 6.12. The zero-order valence-electron chi connectivity index (χ0n) is 13.4. The maximum Gasteiger partial charge on any atom is 0.157 e. The van der Waals surface area contributed by atoms with Crippen molar-refractivity contribution in [1.29, 1.82) is 0 Å². The van der Waals surface area contributed by atoms with Crippen LogP contribution in [0.4, 0.5) is 17.3 Å². The van der Waals surface area contributed by atoms with E-state index in [1.807, 2.05) is 55.6 Å². The van der Waals surface area contributed by atoms with Crippen molar-refractivity contribution in [2.45, 2.75) is 0 Å². The molecule has 0 atom stereocenters. The minimum atomic E-state index is 0.460. The molecular weight excluding hydrogens is 302 g/mol. The topological polar surface area (TPSA) is 78.0 Å². The highest BCUT2D eigenvalue weighted by atomic mass is 16.5. The minimum Gasteiger partial charge on any atom is -0.497 e. The van der Waals surface area contributed by atoms with Crippen LogP contribution < -0.4 is 15.8 Å². The summed E-state index contributed by atoms with van der Waals surface area (Å²) in [5, 5.41) is 9.56. The number of hydrogen-bond acceptors (Lipinski definition) is 5. The van der Waals surface area contributed by atoms with Gasteiger partial charge in [-0.1, -0.05) is 18.2 Å². The molecule has 0 saturated carbocycles. The van der Waals surface area contributed by atoms with Crippen LogP contribution in [-0.4, -0.2) is 21.9 Å². The van der Waals surface area contributed by atoms with Gasteiger partial charge in [0.2, 0.25) is 0 Å². The molecule has 120 valence electrons. The molecule has 0 saturated heterocycles. The van der Waals surface area contributed by atoms with E-state index < -0.39 is 0 Å². The molecule has 0 aliphatic carbocycles. The molecule has 0 aliphatic heterocycles. The van der Waals surface area contributed by atoms with Gasteiger partial charge >= 0.3 is 0 Å². The average Bonchev–Trinajstić information content (AvgIpc) is 2.91. The highest BCUT2D eigenvalue weighted by Gasteiger charge is 2.16. The van der Waals surface area contributed by atoms with Crippen molar-refractivity contribution in [2.24, 2.45) is 7.05 Å². The first-order valence-corrected chi connectivity index (χ1v) is 7.59. The Morgan fingerprint density at radius 1 is 1.08 bits per heavy atom. The minimum absolute atomic E-state index is 0.460. The number of nitrogens with two attached hydrogens (primary N) is 1. The van der Waals surface area contributed by atoms with E-state index in [1.54, 1.807) is 11.8 Å². The fraction of sp³-hybridized carbons (Fsp3) is 0.111. The Morgan fingerprint density at radius 2 is 1.83 bits per heavy atom. The van der Waals surface area contributed by atoms with Gasteiger partial charge in [-0.2, -0.15) is 5.10 Å². The van der Waals surface area contributed by atoms with E-state index in [0.29, 0.717) is 11.6 Å². The Balaban J connectivity index is 1.92. The number of aryl methyl sites for hydroxylation is 1. The summed E-state index contributed by atoms with van der Waals surface area (Å²) >= 11 is 0. The fourth-order valence-corrected chi connectivity index (χ4v) is 2.94. The molecule has 6 heteroatoms. The molecule has 24 heavy (non-hydrogen) atoms. The average molecular weight is 319 g/mol. The van der Waals surface area contributed by atoms with E-state index in [1.165, 1.54) is 0 Å². The van der Waals surface area contributed by atoms with Crippen LogP contribution in [0.1, 0.15) is 0 Å². The second-order valence-electron chi connectivity index (χ2n) is 5.56. The summed E-state index contributed by atoms with van der Waals surface area (Å²) in [6.07, 6.45) is 0. The third-order valence-electron chi connectivity index (χ3n) is 4.06. The fourth-order valence-electron chi connectivity index (χ4n) is 2.94. The number of aromatic nitrogens is 3. The van der Waals surface area contributed by atoms with Crippen LogP contribution >= 0.6 is 0 Å². The zero-order valence-corrected chi connectivity index (χ0v) is 13.4. The van der Waals surface area contributed by atoms with Gasteiger partial charge in [-0.15, -0.1) is 0 Å². The molecule has 2 heterocycles. The van der Waals surface area contributed by atoms with Gasteiger partial charge in [-0.05, 0) is 30.3 Å². The number of rotatable bonds is 3. The molecular formula is C18H17N5O. The second kappa shape index (κ2) is 5.42. The molecule has 0 unspecified atom stereocenters. The maximum atomic E-state index is 6.14. The molecule has 3 N–H and O–H groups in total. The third-order valence-corrected chi connectivity index (χ3v) is 4.06. The maximum absolute atomic E-state index is 6.14. The van der Waals surface area contributed by atoms with Gasteiger partial charge in [0, 0.05) is 18.1 Å². The molecule has 0 amide bonds. The van der Waals surface area contributed by atoms with Crippen molar-refractivity contribution in [3.8, 4) is 5.75 Å². The smallest absolute Gasteiger partial charge is 0.157 e. The number of pyridine rings is 1. The summed E-state index contributed by atoms with van der Waals surface area (Å²) in [4.78, 5) is 4.74. The largest absolute Gasteiger partial charge is 0.497 e. The Bertz CT molecular complexity index is 1040. The SMILES string of the molecule is COc1ccc(Nc2nc3ccccc3c3c2c(N)nn3C)cc1. The predicted molar refractivity (Wildman–Crippen MR) is 96.7 cm³/mol. The number of nitrogen functional groups attached to an aromatic ring is 1. The molecule has 4 aromatic rings. The van der Waals surface area contributed by atoms with Gasteiger partial charge in [-0.3, -0.25) is 4.68 Å². The predicted octanol–water partition coefficient (Wildman–Crippen LogP) is 3.46. The van der Waals surface area contributed by atoms with E-state index in [-0.39, 0.29) is 0 Å². The first-order valence-electron chi connectivity index (χ1n) is 7.59.